The Morgan fingerprint density at radius 1 is 1.32 bits per heavy atom. The molecule has 2 N–H and O–H groups in total. The second kappa shape index (κ2) is 7.12. The minimum Gasteiger partial charge on any atom is -0.366 e. The van der Waals surface area contributed by atoms with Crippen LogP contribution in [0.2, 0.25) is 0 Å². The minimum absolute atomic E-state index is 0.0328. The average molecular weight is 339 g/mol. The first-order chi connectivity index (χ1) is 12.3. The quantitative estimate of drug-likeness (QED) is 0.710. The number of H-pyrrole nitrogens is 1. The van der Waals surface area contributed by atoms with Crippen LogP contribution in [0.5, 0.6) is 0 Å². The zero-order valence-electron chi connectivity index (χ0n) is 14.1. The number of nitrogens with one attached hydrogen (secondary N) is 2. The highest BCUT2D eigenvalue weighted by molar-refractivity contribution is 5.30. The van der Waals surface area contributed by atoms with E-state index in [-0.39, 0.29) is 12.2 Å². The third-order valence-electron chi connectivity index (χ3n) is 4.46. The number of hydrogen-bond acceptors (Lipinski definition) is 6. The molecule has 1 fully saturated rings. The molecule has 25 heavy (non-hydrogen) atoms. The molecule has 0 bridgehead atoms. The maximum atomic E-state index is 6.02. The molecule has 3 aromatic heterocycles. The summed E-state index contributed by atoms with van der Waals surface area (Å²) in [7, 11) is 0. The number of hydrogen-bond donors (Lipinski definition) is 2. The summed E-state index contributed by atoms with van der Waals surface area (Å²) in [6.07, 6.45) is 9.35. The first-order valence-corrected chi connectivity index (χ1v) is 8.46. The number of ether oxygens (including phenoxy) is 1. The third kappa shape index (κ3) is 3.59. The van der Waals surface area contributed by atoms with Crippen LogP contribution in [0.25, 0.3) is 5.69 Å². The van der Waals surface area contributed by atoms with Crippen LogP contribution >= 0.6 is 0 Å². The molecule has 0 spiro atoms. The fraction of sp³-hybridized carbons (Fsp3) is 0.412. The van der Waals surface area contributed by atoms with Crippen molar-refractivity contribution in [3.05, 3.63) is 54.1 Å². The number of nitrogens with zero attached hydrogens (tertiary/aromatic N) is 5. The number of pyridine rings is 1. The molecule has 2 atom stereocenters. The predicted octanol–water partition coefficient (Wildman–Crippen LogP) is 1.70. The van der Waals surface area contributed by atoms with Crippen LogP contribution in [0, 0.1) is 6.92 Å². The van der Waals surface area contributed by atoms with E-state index in [1.54, 1.807) is 12.4 Å². The van der Waals surface area contributed by atoms with Crippen LogP contribution in [0.1, 0.15) is 36.0 Å². The van der Waals surface area contributed by atoms with E-state index in [1.165, 1.54) is 11.9 Å². The van der Waals surface area contributed by atoms with Gasteiger partial charge in [0.25, 0.3) is 0 Å². The summed E-state index contributed by atoms with van der Waals surface area (Å²) in [6.45, 7) is 3.61. The van der Waals surface area contributed by atoms with Crippen molar-refractivity contribution in [2.24, 2.45) is 0 Å². The molecule has 0 aromatic carbocycles. The van der Waals surface area contributed by atoms with Crippen LogP contribution in [-0.4, -0.2) is 42.6 Å². The Hall–Kier alpha value is -2.58. The predicted molar refractivity (Wildman–Crippen MR) is 91.0 cm³/mol. The highest BCUT2D eigenvalue weighted by Crippen LogP contribution is 2.30. The van der Waals surface area contributed by atoms with Crippen molar-refractivity contribution >= 4 is 0 Å². The van der Waals surface area contributed by atoms with Gasteiger partial charge >= 0.3 is 0 Å². The molecule has 0 aliphatic carbocycles. The molecule has 130 valence electrons. The summed E-state index contributed by atoms with van der Waals surface area (Å²) in [5, 5.41) is 14.8. The number of rotatable bonds is 6. The van der Waals surface area contributed by atoms with E-state index in [0.717, 1.165) is 43.1 Å². The maximum Gasteiger partial charge on any atom is 0.153 e. The normalized spacial score (nSPS) is 20.2. The number of aromatic amines is 1. The summed E-state index contributed by atoms with van der Waals surface area (Å²) < 4.78 is 7.91. The fourth-order valence-corrected chi connectivity index (χ4v) is 3.09. The minimum atomic E-state index is 0.0328. The van der Waals surface area contributed by atoms with Gasteiger partial charge in [-0.1, -0.05) is 0 Å². The Bertz CT molecular complexity index is 800. The average Bonchev–Trinajstić information content (AvgIpc) is 3.37. The van der Waals surface area contributed by atoms with Gasteiger partial charge in [-0.25, -0.2) is 9.67 Å². The van der Waals surface area contributed by atoms with Crippen molar-refractivity contribution in [3.63, 3.8) is 0 Å². The van der Waals surface area contributed by atoms with Crippen LogP contribution in [0.4, 0.5) is 0 Å². The smallest absolute Gasteiger partial charge is 0.153 e. The van der Waals surface area contributed by atoms with E-state index in [0.29, 0.717) is 0 Å². The molecular formula is C17H21N7O. The molecule has 8 heteroatoms. The van der Waals surface area contributed by atoms with E-state index < -0.39 is 0 Å². The topological polar surface area (TPSA) is 93.5 Å². The van der Waals surface area contributed by atoms with Gasteiger partial charge in [-0.05, 0) is 31.9 Å². The maximum absolute atomic E-state index is 6.02. The molecule has 1 saturated heterocycles. The molecule has 1 aliphatic heterocycles. The molecule has 3 aromatic rings. The van der Waals surface area contributed by atoms with Crippen molar-refractivity contribution in [2.75, 3.05) is 6.54 Å². The largest absolute Gasteiger partial charge is 0.366 e. The standard InChI is InChI=1S/C17H21N7O/c1-12-13(10-24(23-12)14-4-6-18-7-5-14)8-19-9-15-2-3-16(25-15)17-20-11-21-22-17/h4-7,10-11,15-16,19H,2-3,8-9H2,1H3,(H,20,21,22)/t15-,16+/m1/s1. The summed E-state index contributed by atoms with van der Waals surface area (Å²) >= 11 is 0. The number of aromatic nitrogens is 6. The van der Waals surface area contributed by atoms with Crippen molar-refractivity contribution in [3.8, 4) is 5.69 Å². The Labute approximate surface area is 145 Å². The van der Waals surface area contributed by atoms with Gasteiger partial charge in [0.05, 0.1) is 17.5 Å². The first kappa shape index (κ1) is 15.9. The Kier molecular flexibility index (Phi) is 4.53. The highest BCUT2D eigenvalue weighted by Gasteiger charge is 2.28. The first-order valence-electron chi connectivity index (χ1n) is 8.46. The lowest BCUT2D eigenvalue weighted by Crippen LogP contribution is -2.26. The van der Waals surface area contributed by atoms with E-state index in [9.17, 15) is 0 Å². The lowest BCUT2D eigenvalue weighted by molar-refractivity contribution is 0.0401. The lowest BCUT2D eigenvalue weighted by atomic mass is 10.2. The molecular weight excluding hydrogens is 318 g/mol. The van der Waals surface area contributed by atoms with Crippen LogP contribution in [0.15, 0.2) is 37.1 Å². The summed E-state index contributed by atoms with van der Waals surface area (Å²) in [4.78, 5) is 8.22. The lowest BCUT2D eigenvalue weighted by Gasteiger charge is -2.12. The van der Waals surface area contributed by atoms with Crippen molar-refractivity contribution in [2.45, 2.75) is 38.5 Å². The number of aryl methyl sites for hydroxylation is 1. The van der Waals surface area contributed by atoms with Gasteiger partial charge in [0.15, 0.2) is 5.82 Å². The molecule has 4 rings (SSSR count). The zero-order chi connectivity index (χ0) is 17.1. The molecule has 1 aliphatic rings. The molecule has 4 heterocycles. The molecule has 8 nitrogen and oxygen atoms in total. The van der Waals surface area contributed by atoms with E-state index in [1.807, 2.05) is 23.7 Å². The Morgan fingerprint density at radius 2 is 2.20 bits per heavy atom. The van der Waals surface area contributed by atoms with Crippen molar-refractivity contribution in [1.82, 2.24) is 35.3 Å². The highest BCUT2D eigenvalue weighted by atomic mass is 16.5. The second-order valence-corrected chi connectivity index (χ2v) is 6.22. The summed E-state index contributed by atoms with van der Waals surface area (Å²) in [5.74, 6) is 0.817. The monoisotopic (exact) mass is 339 g/mol. The van der Waals surface area contributed by atoms with E-state index >= 15 is 0 Å². The molecule has 0 radical (unpaired) electrons. The van der Waals surface area contributed by atoms with Gasteiger partial charge in [0, 0.05) is 37.2 Å². The fourth-order valence-electron chi connectivity index (χ4n) is 3.09. The second-order valence-electron chi connectivity index (χ2n) is 6.22. The van der Waals surface area contributed by atoms with Crippen LogP contribution in [0.3, 0.4) is 0 Å². The zero-order valence-corrected chi connectivity index (χ0v) is 14.1. The van der Waals surface area contributed by atoms with E-state index in [2.05, 4.69) is 36.8 Å². The van der Waals surface area contributed by atoms with Gasteiger partial charge < -0.3 is 10.1 Å². The van der Waals surface area contributed by atoms with Gasteiger partial charge in [0.1, 0.15) is 12.4 Å². The molecule has 0 saturated carbocycles. The van der Waals surface area contributed by atoms with Gasteiger partial charge in [-0.2, -0.15) is 10.2 Å². The van der Waals surface area contributed by atoms with Crippen LogP contribution < -0.4 is 5.32 Å². The molecule has 0 unspecified atom stereocenters. The van der Waals surface area contributed by atoms with Crippen molar-refractivity contribution in [1.29, 1.82) is 0 Å². The summed E-state index contributed by atoms with van der Waals surface area (Å²) in [5.41, 5.74) is 3.22. The van der Waals surface area contributed by atoms with Gasteiger partial charge in [-0.3, -0.25) is 10.1 Å². The van der Waals surface area contributed by atoms with Gasteiger partial charge in [-0.15, -0.1) is 0 Å². The van der Waals surface area contributed by atoms with E-state index in [4.69, 9.17) is 4.74 Å². The SMILES string of the molecule is Cc1nn(-c2ccncc2)cc1CNC[C@H]1CC[C@@H](c2ncn[nH]2)O1. The molecule has 0 amide bonds. The third-order valence-corrected chi connectivity index (χ3v) is 4.46. The Morgan fingerprint density at radius 3 is 3.00 bits per heavy atom. The van der Waals surface area contributed by atoms with Gasteiger partial charge in [0.2, 0.25) is 0 Å². The Balaban J connectivity index is 1.30. The van der Waals surface area contributed by atoms with Crippen molar-refractivity contribution < 1.29 is 4.74 Å². The van der Waals surface area contributed by atoms with Crippen LogP contribution in [-0.2, 0) is 11.3 Å². The summed E-state index contributed by atoms with van der Waals surface area (Å²) in [6, 6.07) is 3.89.